The molecule has 0 atom stereocenters. The van der Waals surface area contributed by atoms with E-state index in [0.717, 1.165) is 6.07 Å². The molecule has 2 aromatic heterocycles. The molecular weight excluding hydrogens is 316 g/mol. The third kappa shape index (κ3) is 2.10. The van der Waals surface area contributed by atoms with Gasteiger partial charge in [-0.05, 0) is 24.3 Å². The van der Waals surface area contributed by atoms with Crippen LogP contribution in [0.15, 0.2) is 48.7 Å². The Morgan fingerprint density at radius 3 is 2.71 bits per heavy atom. The first-order valence-electron chi connectivity index (χ1n) is 7.05. The molecule has 118 valence electrons. The number of nitrogens with zero attached hydrogens (tertiary/aromatic N) is 2. The monoisotopic (exact) mass is 325 g/mol. The number of H-pyrrole nitrogens is 1. The van der Waals surface area contributed by atoms with Crippen molar-refractivity contribution in [3.8, 4) is 11.3 Å². The van der Waals surface area contributed by atoms with Crippen molar-refractivity contribution in [1.29, 1.82) is 0 Å². The summed E-state index contributed by atoms with van der Waals surface area (Å²) in [5.74, 6) is -1.37. The molecule has 0 unspecified atom stereocenters. The Bertz CT molecular complexity index is 1120. The van der Waals surface area contributed by atoms with Crippen molar-refractivity contribution in [2.24, 2.45) is 0 Å². The lowest BCUT2D eigenvalue weighted by Crippen LogP contribution is -1.91. The predicted octanol–water partition coefficient (Wildman–Crippen LogP) is 4.57. The maximum Gasteiger partial charge on any atom is 0.278 e. The van der Waals surface area contributed by atoms with Crippen molar-refractivity contribution in [2.45, 2.75) is 0 Å². The topological polar surface area (TPSA) is 71.8 Å². The smallest absolute Gasteiger partial charge is 0.278 e. The Morgan fingerprint density at radius 2 is 1.92 bits per heavy atom. The lowest BCUT2D eigenvalue weighted by Gasteiger charge is -2.03. The number of pyridine rings is 1. The molecule has 0 fully saturated rings. The summed E-state index contributed by atoms with van der Waals surface area (Å²) in [5, 5.41) is 11.8. The zero-order valence-corrected chi connectivity index (χ0v) is 12.1. The third-order valence-corrected chi connectivity index (χ3v) is 3.89. The van der Waals surface area contributed by atoms with Gasteiger partial charge >= 0.3 is 0 Å². The Hall–Kier alpha value is -3.35. The summed E-state index contributed by atoms with van der Waals surface area (Å²) in [4.78, 5) is 17.8. The number of benzene rings is 2. The summed E-state index contributed by atoms with van der Waals surface area (Å²) >= 11 is 0. The van der Waals surface area contributed by atoms with Gasteiger partial charge in [-0.25, -0.2) is 13.8 Å². The van der Waals surface area contributed by atoms with Crippen LogP contribution in [0.5, 0.6) is 0 Å². The van der Waals surface area contributed by atoms with Crippen LogP contribution in [0.4, 0.5) is 14.5 Å². The number of hydrogen-bond donors (Lipinski definition) is 1. The van der Waals surface area contributed by atoms with Crippen molar-refractivity contribution in [1.82, 2.24) is 9.97 Å². The van der Waals surface area contributed by atoms with Gasteiger partial charge in [0.1, 0.15) is 11.6 Å². The number of nitro groups is 1. The molecule has 0 aliphatic heterocycles. The number of nitro benzene ring substituents is 1. The number of halogens is 2. The molecule has 7 heteroatoms. The summed E-state index contributed by atoms with van der Waals surface area (Å²) in [5.41, 5.74) is 1.58. The van der Waals surface area contributed by atoms with Crippen molar-refractivity contribution in [3.05, 3.63) is 70.4 Å². The van der Waals surface area contributed by atoms with Gasteiger partial charge in [-0.3, -0.25) is 10.1 Å². The molecule has 4 aromatic rings. The Kier molecular flexibility index (Phi) is 3.02. The van der Waals surface area contributed by atoms with Gasteiger partial charge in [0.05, 0.1) is 27.0 Å². The number of aromatic nitrogens is 2. The Balaban J connectivity index is 1.96. The SMILES string of the molecule is O=[N+]([O-])c1cccc2nc(-c3c[nH]c4c(F)cc(F)cc34)ccc12. The number of hydrogen-bond acceptors (Lipinski definition) is 3. The first kappa shape index (κ1) is 14.3. The summed E-state index contributed by atoms with van der Waals surface area (Å²) in [6.07, 6.45) is 1.54. The van der Waals surface area contributed by atoms with Crippen LogP contribution < -0.4 is 0 Å². The molecule has 24 heavy (non-hydrogen) atoms. The second-order valence-corrected chi connectivity index (χ2v) is 5.31. The van der Waals surface area contributed by atoms with E-state index in [-0.39, 0.29) is 11.2 Å². The molecule has 0 bridgehead atoms. The second-order valence-electron chi connectivity index (χ2n) is 5.31. The molecule has 1 N–H and O–H groups in total. The number of nitrogens with one attached hydrogen (secondary N) is 1. The van der Waals surface area contributed by atoms with E-state index in [0.29, 0.717) is 27.5 Å². The predicted molar refractivity (Wildman–Crippen MR) is 85.6 cm³/mol. The van der Waals surface area contributed by atoms with Gasteiger partial charge < -0.3 is 4.98 Å². The molecule has 0 saturated heterocycles. The normalized spacial score (nSPS) is 11.2. The highest BCUT2D eigenvalue weighted by Crippen LogP contribution is 2.32. The first-order valence-corrected chi connectivity index (χ1v) is 7.05. The van der Waals surface area contributed by atoms with Crippen LogP contribution >= 0.6 is 0 Å². The number of non-ortho nitro benzene ring substituents is 1. The van der Waals surface area contributed by atoms with E-state index in [1.807, 2.05) is 0 Å². The third-order valence-electron chi connectivity index (χ3n) is 3.89. The Labute approximate surface area is 133 Å². The van der Waals surface area contributed by atoms with Gasteiger partial charge in [-0.2, -0.15) is 0 Å². The van der Waals surface area contributed by atoms with Crippen LogP contribution in [0, 0.1) is 21.7 Å². The molecule has 0 radical (unpaired) electrons. The van der Waals surface area contributed by atoms with Crippen LogP contribution in [-0.4, -0.2) is 14.9 Å². The largest absolute Gasteiger partial charge is 0.358 e. The van der Waals surface area contributed by atoms with Crippen LogP contribution in [-0.2, 0) is 0 Å². The summed E-state index contributed by atoms with van der Waals surface area (Å²) < 4.78 is 27.3. The minimum atomic E-state index is -0.687. The molecule has 0 amide bonds. The molecular formula is C17H9F2N3O2. The second kappa shape index (κ2) is 5.09. The maximum absolute atomic E-state index is 13.8. The maximum atomic E-state index is 13.8. The molecule has 2 aromatic carbocycles. The van der Waals surface area contributed by atoms with Crippen LogP contribution in [0.2, 0.25) is 0 Å². The standard InChI is InChI=1S/C17H9F2N3O2/c18-9-6-11-12(8-20-17(11)13(19)7-9)15-5-4-10-14(21-15)2-1-3-16(10)22(23)24/h1-8,20H. The molecule has 0 aliphatic rings. The zero-order chi connectivity index (χ0) is 16.8. The number of rotatable bonds is 2. The molecule has 2 heterocycles. The highest BCUT2D eigenvalue weighted by atomic mass is 19.1. The van der Waals surface area contributed by atoms with E-state index in [2.05, 4.69) is 9.97 Å². The van der Waals surface area contributed by atoms with Gasteiger partial charge in [-0.15, -0.1) is 0 Å². The van der Waals surface area contributed by atoms with Crippen molar-refractivity contribution in [2.75, 3.05) is 0 Å². The molecule has 4 rings (SSSR count). The van der Waals surface area contributed by atoms with Gasteiger partial charge in [0.2, 0.25) is 0 Å². The fourth-order valence-corrected chi connectivity index (χ4v) is 2.81. The summed E-state index contributed by atoms with van der Waals surface area (Å²) in [7, 11) is 0. The molecule has 5 nitrogen and oxygen atoms in total. The molecule has 0 aliphatic carbocycles. The summed E-state index contributed by atoms with van der Waals surface area (Å²) in [6, 6.07) is 9.82. The zero-order valence-electron chi connectivity index (χ0n) is 12.1. The fraction of sp³-hybridized carbons (Fsp3) is 0. The lowest BCUT2D eigenvalue weighted by molar-refractivity contribution is -0.383. The van der Waals surface area contributed by atoms with Gasteiger partial charge in [0, 0.05) is 29.3 Å². The average Bonchev–Trinajstić information content (AvgIpc) is 2.97. The number of fused-ring (bicyclic) bond motifs is 2. The van der Waals surface area contributed by atoms with Gasteiger partial charge in [-0.1, -0.05) is 6.07 Å². The van der Waals surface area contributed by atoms with E-state index >= 15 is 0 Å². The average molecular weight is 325 g/mol. The molecule has 0 saturated carbocycles. The molecule has 0 spiro atoms. The van der Waals surface area contributed by atoms with E-state index in [1.54, 1.807) is 30.5 Å². The van der Waals surface area contributed by atoms with Crippen LogP contribution in [0.1, 0.15) is 0 Å². The summed E-state index contributed by atoms with van der Waals surface area (Å²) in [6.45, 7) is 0. The Morgan fingerprint density at radius 1 is 1.08 bits per heavy atom. The van der Waals surface area contributed by atoms with E-state index in [1.165, 1.54) is 12.1 Å². The quantitative estimate of drug-likeness (QED) is 0.433. The van der Waals surface area contributed by atoms with Gasteiger partial charge in [0.15, 0.2) is 0 Å². The van der Waals surface area contributed by atoms with E-state index < -0.39 is 16.6 Å². The van der Waals surface area contributed by atoms with Crippen LogP contribution in [0.25, 0.3) is 33.1 Å². The van der Waals surface area contributed by atoms with Gasteiger partial charge in [0.25, 0.3) is 5.69 Å². The van der Waals surface area contributed by atoms with Crippen LogP contribution in [0.3, 0.4) is 0 Å². The first-order chi connectivity index (χ1) is 11.5. The van der Waals surface area contributed by atoms with Crippen molar-refractivity contribution < 1.29 is 13.7 Å². The number of aromatic amines is 1. The van der Waals surface area contributed by atoms with E-state index in [4.69, 9.17) is 0 Å². The van der Waals surface area contributed by atoms with Crippen molar-refractivity contribution >= 4 is 27.5 Å². The highest BCUT2D eigenvalue weighted by Gasteiger charge is 2.15. The highest BCUT2D eigenvalue weighted by molar-refractivity contribution is 5.97. The minimum absolute atomic E-state index is 0.0393. The minimum Gasteiger partial charge on any atom is -0.358 e. The fourth-order valence-electron chi connectivity index (χ4n) is 2.81. The van der Waals surface area contributed by atoms with Crippen molar-refractivity contribution in [3.63, 3.8) is 0 Å². The van der Waals surface area contributed by atoms with E-state index in [9.17, 15) is 18.9 Å². The lowest BCUT2D eigenvalue weighted by atomic mass is 10.1.